The Morgan fingerprint density at radius 1 is 0.850 bits per heavy atom. The van der Waals surface area contributed by atoms with Crippen LogP contribution in [0.1, 0.15) is 0 Å². The second-order valence-electron chi connectivity index (χ2n) is 8.49. The Balaban J connectivity index is 3.32. The summed E-state index contributed by atoms with van der Waals surface area (Å²) < 4.78 is 7.71. The first-order valence-corrected chi connectivity index (χ1v) is 22.4. The topological polar surface area (TPSA) is 9.72 Å². The third-order valence-corrected chi connectivity index (χ3v) is 33.3. The van der Waals surface area contributed by atoms with E-state index in [9.17, 15) is 0 Å². The van der Waals surface area contributed by atoms with Gasteiger partial charge in [-0.15, -0.1) is 11.1 Å². The van der Waals surface area contributed by atoms with Crippen LogP contribution in [0.15, 0.2) is 0 Å². The fourth-order valence-corrected chi connectivity index (χ4v) is 40.7. The third-order valence-electron chi connectivity index (χ3n) is 3.57. The standard InChI is InChI=1S/C10H30Cl2N3PSi4/c1-13(17(2,3)4)20(12)14(18(5,6)7)16(11)15(20)19(8,9)10/h1-10H3. The maximum atomic E-state index is 7.39. The highest BCUT2D eigenvalue weighted by atomic mass is 35.7. The molecular formula is C10H30Cl2N3PSi4. The van der Waals surface area contributed by atoms with Crippen LogP contribution < -0.4 is 0 Å². The van der Waals surface area contributed by atoms with Crippen molar-refractivity contribution in [3.8, 4) is 0 Å². The van der Waals surface area contributed by atoms with Gasteiger partial charge in [0, 0.05) is 0 Å². The summed E-state index contributed by atoms with van der Waals surface area (Å²) in [5, 5.41) is 0. The van der Waals surface area contributed by atoms with E-state index in [2.05, 4.69) is 78.2 Å². The van der Waals surface area contributed by atoms with Gasteiger partial charge in [0.25, 0.3) is 0 Å². The maximum absolute atomic E-state index is 7.39. The first-order chi connectivity index (χ1) is 8.55. The lowest BCUT2D eigenvalue weighted by Gasteiger charge is -2.69. The van der Waals surface area contributed by atoms with Crippen LogP contribution in [0.2, 0.25) is 58.9 Å². The molecule has 0 amide bonds. The molecule has 120 valence electrons. The van der Waals surface area contributed by atoms with E-state index in [0.29, 0.717) is 0 Å². The van der Waals surface area contributed by atoms with E-state index in [-0.39, 0.29) is 0 Å². The fraction of sp³-hybridized carbons (Fsp3) is 1.00. The molecule has 1 fully saturated rings. The number of hydrogen-bond acceptors (Lipinski definition) is 3. The highest BCUT2D eigenvalue weighted by molar-refractivity contribution is 7.90. The van der Waals surface area contributed by atoms with Gasteiger partial charge in [0.05, 0.1) is 0 Å². The molecule has 0 bridgehead atoms. The van der Waals surface area contributed by atoms with E-state index >= 15 is 0 Å². The molecule has 1 saturated heterocycles. The summed E-state index contributed by atoms with van der Waals surface area (Å²) >= 11 is 14.2. The molecule has 1 aliphatic heterocycles. The molecule has 1 rings (SSSR count). The maximum Gasteiger partial charge on any atom is 0.383 e. The average molecular weight is 407 g/mol. The second-order valence-corrected chi connectivity index (χ2v) is 32.3. The van der Waals surface area contributed by atoms with Gasteiger partial charge < -0.3 is 4.23 Å². The predicted molar refractivity (Wildman–Crippen MR) is 106 cm³/mol. The Kier molecular flexibility index (Phi) is 5.63. The van der Waals surface area contributed by atoms with Crippen molar-refractivity contribution in [1.29, 1.82) is 0 Å². The Bertz CT molecular complexity index is 358. The molecular weight excluding hydrogens is 376 g/mol. The van der Waals surface area contributed by atoms with Crippen LogP contribution in [-0.2, 0) is 0 Å². The van der Waals surface area contributed by atoms with Gasteiger partial charge in [-0.3, -0.25) is 8.00 Å². The van der Waals surface area contributed by atoms with Crippen LogP contribution >= 0.6 is 29.9 Å². The summed E-state index contributed by atoms with van der Waals surface area (Å²) in [7, 11) is -5.24. The van der Waals surface area contributed by atoms with Gasteiger partial charge in [-0.2, -0.15) is 0 Å². The molecule has 0 aromatic carbocycles. The van der Waals surface area contributed by atoms with Gasteiger partial charge in [-0.1, -0.05) is 70.2 Å². The Labute approximate surface area is 140 Å². The van der Waals surface area contributed by atoms with Crippen LogP contribution in [0.25, 0.3) is 0 Å². The van der Waals surface area contributed by atoms with E-state index in [1.54, 1.807) is 0 Å². The summed E-state index contributed by atoms with van der Waals surface area (Å²) in [4.78, 5) is 0. The van der Waals surface area contributed by atoms with Crippen LogP contribution in [0.4, 0.5) is 0 Å². The van der Waals surface area contributed by atoms with Gasteiger partial charge in [0.1, 0.15) is 32.3 Å². The molecule has 0 aliphatic carbocycles. The molecule has 20 heavy (non-hydrogen) atoms. The summed E-state index contributed by atoms with van der Waals surface area (Å²) in [5.41, 5.74) is 0. The summed E-state index contributed by atoms with van der Waals surface area (Å²) in [5.74, 6) is 0. The van der Waals surface area contributed by atoms with Gasteiger partial charge in [-0.05, 0) is 7.05 Å². The van der Waals surface area contributed by atoms with Crippen LogP contribution in [0.3, 0.4) is 0 Å². The highest BCUT2D eigenvalue weighted by Gasteiger charge is 2.70. The Hall–Kier alpha value is 1.76. The molecule has 0 unspecified atom stereocenters. The molecule has 1 heterocycles. The lowest BCUT2D eigenvalue weighted by atomic mass is 11.6. The van der Waals surface area contributed by atoms with Crippen LogP contribution in [0, 0.1) is 0 Å². The van der Waals surface area contributed by atoms with Crippen molar-refractivity contribution in [1.82, 2.24) is 12.2 Å². The molecule has 10 heteroatoms. The largest absolute Gasteiger partial charge is 0.383 e. The molecule has 0 radical (unpaired) electrons. The minimum atomic E-state index is -2.27. The number of hydrogen-bond donors (Lipinski definition) is 0. The average Bonchev–Trinajstić information content (AvgIpc) is 2.08. The molecule has 0 spiro atoms. The molecule has 3 nitrogen and oxygen atoms in total. The summed E-state index contributed by atoms with van der Waals surface area (Å²) in [6.45, 7) is 21.4. The monoisotopic (exact) mass is 405 g/mol. The van der Waals surface area contributed by atoms with E-state index in [0.717, 1.165) is 0 Å². The molecule has 0 aromatic rings. The smallest absolute Gasteiger partial charge is 0.312 e. The van der Waals surface area contributed by atoms with Crippen molar-refractivity contribution < 1.29 is 0 Å². The van der Waals surface area contributed by atoms with Crippen molar-refractivity contribution in [3.05, 3.63) is 0 Å². The van der Waals surface area contributed by atoms with E-state index in [4.69, 9.17) is 22.3 Å². The van der Waals surface area contributed by atoms with Gasteiger partial charge in [0.2, 0.25) is 0 Å². The molecule has 1 aliphatic rings. The second kappa shape index (κ2) is 5.68. The van der Waals surface area contributed by atoms with Gasteiger partial charge in [-0.25, -0.2) is 0 Å². The van der Waals surface area contributed by atoms with Crippen LogP contribution in [-0.4, -0.2) is 51.9 Å². The lowest BCUT2D eigenvalue weighted by Crippen LogP contribution is -2.86. The fourth-order valence-electron chi connectivity index (χ4n) is 2.41. The van der Waals surface area contributed by atoms with Crippen LogP contribution in [0.5, 0.6) is 0 Å². The zero-order valence-corrected chi connectivity index (χ0v) is 21.0. The number of halogens is 2. The SMILES string of the molecule is CN([Si](C)(C)C)[Si]1(Cl)N([Si](C)(C)C)P(Cl)N1[Si](C)(C)C. The van der Waals surface area contributed by atoms with Gasteiger partial charge in [0.15, 0.2) is 0 Å². The first-order valence-electron chi connectivity index (χ1n) is 7.05. The van der Waals surface area contributed by atoms with Crippen molar-refractivity contribution in [2.45, 2.75) is 58.9 Å². The van der Waals surface area contributed by atoms with E-state index in [1.165, 1.54) is 0 Å². The Morgan fingerprint density at radius 2 is 1.15 bits per heavy atom. The number of nitrogens with zero attached hydrogens (tertiary/aromatic N) is 3. The van der Waals surface area contributed by atoms with Crippen molar-refractivity contribution >= 4 is 62.5 Å². The summed E-state index contributed by atoms with van der Waals surface area (Å²) in [6, 6.07) is 0. The molecule has 0 N–H and O–H groups in total. The summed E-state index contributed by atoms with van der Waals surface area (Å²) in [6.07, 6.45) is 0. The zero-order chi connectivity index (χ0) is 16.3. The lowest BCUT2D eigenvalue weighted by molar-refractivity contribution is 0.592. The molecule has 0 atom stereocenters. The first kappa shape index (κ1) is 19.8. The highest BCUT2D eigenvalue weighted by Crippen LogP contribution is 2.69. The molecule has 0 saturated carbocycles. The van der Waals surface area contributed by atoms with Crippen molar-refractivity contribution in [2.75, 3.05) is 7.05 Å². The minimum Gasteiger partial charge on any atom is -0.312 e. The molecule has 0 aromatic heterocycles. The van der Waals surface area contributed by atoms with E-state index < -0.39 is 40.2 Å². The number of rotatable bonds is 4. The Morgan fingerprint density at radius 3 is 1.35 bits per heavy atom. The van der Waals surface area contributed by atoms with Crippen molar-refractivity contribution in [2.24, 2.45) is 0 Å². The van der Waals surface area contributed by atoms with Gasteiger partial charge >= 0.3 is 7.87 Å². The normalized spacial score (nSPS) is 30.8. The minimum absolute atomic E-state index is 0.716. The predicted octanol–water partition coefficient (Wildman–Crippen LogP) is 5.18. The zero-order valence-electron chi connectivity index (χ0n) is 14.5. The van der Waals surface area contributed by atoms with Crippen molar-refractivity contribution in [3.63, 3.8) is 0 Å². The van der Waals surface area contributed by atoms with E-state index in [1.807, 2.05) is 0 Å². The quantitative estimate of drug-likeness (QED) is 0.362. The third kappa shape index (κ3) is 3.32.